The van der Waals surface area contributed by atoms with Crippen LogP contribution in [-0.4, -0.2) is 214 Å². The second-order valence-electron chi connectivity index (χ2n) is 20.2. The van der Waals surface area contributed by atoms with Crippen molar-refractivity contribution in [3.8, 4) is 0 Å². The van der Waals surface area contributed by atoms with E-state index in [9.17, 15) is 76.0 Å². The molecule has 3 heterocycles. The highest BCUT2D eigenvalue weighted by molar-refractivity contribution is 5.86. The van der Waals surface area contributed by atoms with E-state index in [1.807, 2.05) is 26.0 Å². The zero-order valence-electron chi connectivity index (χ0n) is 40.8. The Bertz CT molecular complexity index is 1740. The first-order valence-corrected chi connectivity index (χ1v) is 23.9. The average Bonchev–Trinajstić information content (AvgIpc) is 3.30. The van der Waals surface area contributed by atoms with E-state index in [1.54, 1.807) is 20.8 Å². The van der Waals surface area contributed by atoms with Gasteiger partial charge in [0.05, 0.1) is 31.5 Å². The molecule has 4 aliphatic rings. The van der Waals surface area contributed by atoms with Gasteiger partial charge in [-0.15, -0.1) is 0 Å². The number of carbonyl (C=O) groups is 2. The highest BCUT2D eigenvalue weighted by Crippen LogP contribution is 2.55. The Morgan fingerprint density at radius 2 is 1.28 bits per heavy atom. The van der Waals surface area contributed by atoms with Crippen LogP contribution in [0.2, 0.25) is 0 Å². The number of ether oxygens (including phenoxy) is 6. The molecule has 0 spiro atoms. The molecule has 398 valence electrons. The number of carbonyl (C=O) groups excluding carboxylic acids is 2. The van der Waals surface area contributed by atoms with Crippen LogP contribution in [-0.2, 0) is 38.0 Å². The number of aliphatic hydroxyl groups is 13. The predicted molar refractivity (Wildman–Crippen MR) is 242 cm³/mol. The molecular formula is C48H80O21. The van der Waals surface area contributed by atoms with Crippen molar-refractivity contribution in [1.82, 2.24) is 0 Å². The number of allylic oxidation sites excluding steroid dienone is 4. The maximum absolute atomic E-state index is 12.4. The van der Waals surface area contributed by atoms with Crippen molar-refractivity contribution in [3.05, 3.63) is 34.4 Å². The van der Waals surface area contributed by atoms with Crippen molar-refractivity contribution in [3.63, 3.8) is 0 Å². The largest absolute Gasteiger partial charge is 0.394 e. The SMILES string of the molecule is C/C(C=O)=C1\CC[C@](C)(O)C(C)(CC/C=C(\C)C(C/C=C(\C)CCC(=O)C(C)(C)O)O[C@@H]2O[C@H](CO)[C@@H](O)[C@H](O)[C@H]2O)C1CCCO[C@H]1O[C@H](CO[C@H]2O[C@H](CO)[C@@H](O)[C@H](O)[C@H]2O)[C@@H](O)[C@H](O)[C@H]1O. The van der Waals surface area contributed by atoms with E-state index >= 15 is 0 Å². The van der Waals surface area contributed by atoms with Gasteiger partial charge in [0.15, 0.2) is 24.7 Å². The van der Waals surface area contributed by atoms with Gasteiger partial charge in [-0.2, -0.15) is 0 Å². The van der Waals surface area contributed by atoms with Crippen LogP contribution in [0.15, 0.2) is 34.4 Å². The van der Waals surface area contributed by atoms with Gasteiger partial charge in [-0.05, 0) is 110 Å². The zero-order chi connectivity index (χ0) is 51.8. The van der Waals surface area contributed by atoms with Crippen LogP contribution < -0.4 is 0 Å². The number of hydrogen-bond acceptors (Lipinski definition) is 21. The summed E-state index contributed by atoms with van der Waals surface area (Å²) in [6.45, 7) is 9.99. The van der Waals surface area contributed by atoms with Crippen LogP contribution in [0.1, 0.15) is 106 Å². The molecule has 4 rings (SSSR count). The van der Waals surface area contributed by atoms with Crippen LogP contribution in [0.4, 0.5) is 0 Å². The molecule has 0 aromatic heterocycles. The Kier molecular flexibility index (Phi) is 22.1. The van der Waals surface area contributed by atoms with Crippen molar-refractivity contribution < 1.29 is 104 Å². The Labute approximate surface area is 403 Å². The van der Waals surface area contributed by atoms with Gasteiger partial charge in [0.25, 0.3) is 0 Å². The molecule has 4 fully saturated rings. The Morgan fingerprint density at radius 1 is 0.754 bits per heavy atom. The molecule has 0 amide bonds. The Morgan fingerprint density at radius 3 is 1.83 bits per heavy atom. The molecule has 0 aromatic rings. The third kappa shape index (κ3) is 14.5. The summed E-state index contributed by atoms with van der Waals surface area (Å²) in [7, 11) is 0. The Balaban J connectivity index is 1.49. The standard InChI is InChI=1S/C48H80O21/c1-24(13-15-33(52)46(4,5)62)12-14-29(66-45-42(61)38(57)35(54)31(22-51)68-45)25(2)10-8-17-47(6)28(27(26(3)20-49)16-18-48(47,7)63)11-9-19-64-43-40(59)39(58)36(55)32(69-43)23-65-44-41(60)37(56)34(53)30(21-50)67-44/h10,12,20,28-32,34-45,50-51,53-63H,8-9,11,13-19,21-23H2,1-7H3/b24-12+,25-10+,27-26-/t28?,29?,30-,31-,32-,34-,35-,36-,37+,38+,39+,40-,41-,42-,43+,44+,45-,47?,48+/m1/s1. The molecule has 0 bridgehead atoms. The average molecular weight is 993 g/mol. The lowest BCUT2D eigenvalue weighted by Gasteiger charge is -2.53. The molecular weight excluding hydrogens is 913 g/mol. The molecule has 19 atom stereocenters. The van der Waals surface area contributed by atoms with Crippen molar-refractivity contribution >= 4 is 12.1 Å². The minimum atomic E-state index is -1.75. The van der Waals surface area contributed by atoms with Crippen molar-refractivity contribution in [1.29, 1.82) is 0 Å². The van der Waals surface area contributed by atoms with E-state index in [0.29, 0.717) is 56.1 Å². The number of hydrogen-bond donors (Lipinski definition) is 13. The molecule has 1 saturated carbocycles. The molecule has 21 heteroatoms. The summed E-state index contributed by atoms with van der Waals surface area (Å²) in [5, 5.41) is 136. The summed E-state index contributed by atoms with van der Waals surface area (Å²) in [6.07, 6.45) is -16.6. The summed E-state index contributed by atoms with van der Waals surface area (Å²) in [4.78, 5) is 24.7. The van der Waals surface area contributed by atoms with Crippen LogP contribution in [0.5, 0.6) is 0 Å². The second kappa shape index (κ2) is 25.6. The number of aliphatic hydroxyl groups excluding tert-OH is 11. The fraction of sp³-hybridized carbons (Fsp3) is 0.833. The second-order valence-corrected chi connectivity index (χ2v) is 20.2. The minimum absolute atomic E-state index is 0.0399. The van der Waals surface area contributed by atoms with Gasteiger partial charge in [0.2, 0.25) is 0 Å². The van der Waals surface area contributed by atoms with Crippen molar-refractivity contribution in [2.75, 3.05) is 26.4 Å². The van der Waals surface area contributed by atoms with Crippen LogP contribution in [0, 0.1) is 11.3 Å². The fourth-order valence-corrected chi connectivity index (χ4v) is 9.60. The fourth-order valence-electron chi connectivity index (χ4n) is 9.60. The summed E-state index contributed by atoms with van der Waals surface area (Å²) < 4.78 is 34.5. The van der Waals surface area contributed by atoms with E-state index in [1.165, 1.54) is 13.8 Å². The molecule has 69 heavy (non-hydrogen) atoms. The van der Waals surface area contributed by atoms with E-state index in [4.69, 9.17) is 28.4 Å². The van der Waals surface area contributed by atoms with Gasteiger partial charge >= 0.3 is 0 Å². The van der Waals surface area contributed by atoms with E-state index in [2.05, 4.69) is 0 Å². The maximum atomic E-state index is 12.4. The first-order valence-electron chi connectivity index (χ1n) is 23.9. The van der Waals surface area contributed by atoms with Gasteiger partial charge < -0.3 is 94.8 Å². The van der Waals surface area contributed by atoms with Crippen LogP contribution in [0.25, 0.3) is 0 Å². The summed E-state index contributed by atoms with van der Waals surface area (Å²) in [5.41, 5.74) is -0.653. The number of rotatable bonds is 23. The number of ketones is 1. The lowest BCUT2D eigenvalue weighted by atomic mass is 9.54. The highest BCUT2D eigenvalue weighted by atomic mass is 16.7. The zero-order valence-corrected chi connectivity index (χ0v) is 40.8. The minimum Gasteiger partial charge on any atom is -0.394 e. The summed E-state index contributed by atoms with van der Waals surface area (Å²) >= 11 is 0. The molecule has 3 aliphatic heterocycles. The van der Waals surface area contributed by atoms with E-state index in [-0.39, 0.29) is 31.1 Å². The molecule has 21 nitrogen and oxygen atoms in total. The lowest BCUT2D eigenvalue weighted by molar-refractivity contribution is -0.331. The lowest BCUT2D eigenvalue weighted by Crippen LogP contribution is -2.61. The number of Topliss-reactive ketones (excluding diaryl/α,β-unsaturated/α-hetero) is 1. The molecule has 0 radical (unpaired) electrons. The molecule has 1 aliphatic carbocycles. The first kappa shape index (κ1) is 59.4. The van der Waals surface area contributed by atoms with E-state index in [0.717, 1.165) is 17.4 Å². The topological polar surface area (TPSA) is 353 Å². The smallest absolute Gasteiger partial charge is 0.187 e. The third-order valence-corrected chi connectivity index (χ3v) is 14.7. The van der Waals surface area contributed by atoms with Gasteiger partial charge in [0.1, 0.15) is 85.1 Å². The molecule has 3 unspecified atom stereocenters. The monoisotopic (exact) mass is 993 g/mol. The molecule has 0 aromatic carbocycles. The maximum Gasteiger partial charge on any atom is 0.187 e. The highest BCUT2D eigenvalue weighted by Gasteiger charge is 2.53. The third-order valence-electron chi connectivity index (χ3n) is 14.7. The van der Waals surface area contributed by atoms with Crippen LogP contribution >= 0.6 is 0 Å². The van der Waals surface area contributed by atoms with Gasteiger partial charge in [-0.25, -0.2) is 0 Å². The van der Waals surface area contributed by atoms with Crippen molar-refractivity contribution in [2.45, 2.75) is 216 Å². The quantitative estimate of drug-likeness (QED) is 0.0239. The van der Waals surface area contributed by atoms with E-state index < -0.39 is 135 Å². The van der Waals surface area contributed by atoms with Gasteiger partial charge in [0, 0.05) is 18.4 Å². The summed E-state index contributed by atoms with van der Waals surface area (Å²) in [5.74, 6) is -0.682. The normalized spacial score (nSPS) is 40.6. The summed E-state index contributed by atoms with van der Waals surface area (Å²) in [6, 6.07) is 0. The predicted octanol–water partition coefficient (Wildman–Crippen LogP) is -1.54. The Hall–Kier alpha value is -2.20. The number of aldehydes is 1. The van der Waals surface area contributed by atoms with Crippen molar-refractivity contribution in [2.24, 2.45) is 11.3 Å². The molecule has 3 saturated heterocycles. The first-order chi connectivity index (χ1) is 32.2. The van der Waals surface area contributed by atoms with Gasteiger partial charge in [-0.3, -0.25) is 9.59 Å². The van der Waals surface area contributed by atoms with Gasteiger partial charge in [-0.1, -0.05) is 30.2 Å². The van der Waals surface area contributed by atoms with Crippen LogP contribution in [0.3, 0.4) is 0 Å². The molecule has 13 N–H and O–H groups in total.